The summed E-state index contributed by atoms with van der Waals surface area (Å²) >= 11 is 0. The zero-order valence-electron chi connectivity index (χ0n) is 13.1. The number of likely N-dealkylation sites (tertiary alicyclic amines) is 1. The van der Waals surface area contributed by atoms with Gasteiger partial charge in [-0.15, -0.1) is 0 Å². The van der Waals surface area contributed by atoms with E-state index in [0.717, 1.165) is 22.6 Å². The minimum absolute atomic E-state index is 0.0814. The monoisotopic (exact) mass is 348 g/mol. The molecule has 25 heavy (non-hydrogen) atoms. The van der Waals surface area contributed by atoms with E-state index in [2.05, 4.69) is 5.32 Å². The lowest BCUT2D eigenvalue weighted by molar-refractivity contribution is -0.139. The summed E-state index contributed by atoms with van der Waals surface area (Å²) in [6.07, 6.45) is -4.55. The minimum atomic E-state index is -4.47. The van der Waals surface area contributed by atoms with Gasteiger partial charge in [0.1, 0.15) is 6.04 Å². The Labute approximate surface area is 142 Å². The van der Waals surface area contributed by atoms with E-state index < -0.39 is 23.7 Å². The van der Waals surface area contributed by atoms with Crippen molar-refractivity contribution >= 4 is 17.5 Å². The molecule has 0 aliphatic carbocycles. The van der Waals surface area contributed by atoms with Crippen LogP contribution in [0.3, 0.4) is 0 Å². The number of amides is 2. The van der Waals surface area contributed by atoms with Crippen LogP contribution < -0.4 is 5.32 Å². The van der Waals surface area contributed by atoms with Crippen molar-refractivity contribution in [3.8, 4) is 0 Å². The summed E-state index contributed by atoms with van der Waals surface area (Å²) < 4.78 is 38.3. The van der Waals surface area contributed by atoms with E-state index in [-0.39, 0.29) is 24.6 Å². The van der Waals surface area contributed by atoms with Crippen LogP contribution in [-0.2, 0) is 22.3 Å². The van der Waals surface area contributed by atoms with Crippen molar-refractivity contribution < 1.29 is 22.8 Å². The molecule has 1 N–H and O–H groups in total. The second kappa shape index (κ2) is 6.58. The molecule has 1 aliphatic rings. The predicted molar refractivity (Wildman–Crippen MR) is 85.5 cm³/mol. The van der Waals surface area contributed by atoms with Gasteiger partial charge in [0.15, 0.2) is 0 Å². The Morgan fingerprint density at radius 3 is 2.44 bits per heavy atom. The fourth-order valence-corrected chi connectivity index (χ4v) is 2.71. The zero-order valence-corrected chi connectivity index (χ0v) is 13.1. The third-order valence-corrected chi connectivity index (χ3v) is 3.96. The van der Waals surface area contributed by atoms with Crippen LogP contribution in [0.4, 0.5) is 18.9 Å². The molecule has 7 heteroatoms. The molecule has 0 saturated carbocycles. The number of hydrogen-bond donors (Lipinski definition) is 1. The Balaban J connectivity index is 1.72. The van der Waals surface area contributed by atoms with Gasteiger partial charge in [0, 0.05) is 5.69 Å². The van der Waals surface area contributed by atoms with E-state index in [0.29, 0.717) is 0 Å². The number of halogens is 3. The molecule has 0 aromatic heterocycles. The van der Waals surface area contributed by atoms with Gasteiger partial charge in [-0.2, -0.15) is 13.2 Å². The Hall–Kier alpha value is -2.83. The highest BCUT2D eigenvalue weighted by Crippen LogP contribution is 2.31. The molecule has 2 aromatic carbocycles. The summed E-state index contributed by atoms with van der Waals surface area (Å²) in [7, 11) is 0. The number of rotatable bonds is 4. The maximum absolute atomic E-state index is 12.8. The van der Waals surface area contributed by atoms with Gasteiger partial charge in [-0.25, -0.2) is 0 Å². The van der Waals surface area contributed by atoms with Crippen molar-refractivity contribution in [1.82, 2.24) is 4.90 Å². The van der Waals surface area contributed by atoms with Gasteiger partial charge in [-0.1, -0.05) is 36.4 Å². The molecular formula is C18H15F3N2O2. The molecule has 0 spiro atoms. The lowest BCUT2D eigenvalue weighted by Crippen LogP contribution is -2.34. The van der Waals surface area contributed by atoms with Gasteiger partial charge in [0.05, 0.1) is 18.5 Å². The molecule has 0 bridgehead atoms. The van der Waals surface area contributed by atoms with E-state index in [4.69, 9.17) is 0 Å². The molecule has 1 heterocycles. The minimum Gasteiger partial charge on any atom is -0.373 e. The number of anilines is 1. The maximum atomic E-state index is 12.8. The molecule has 130 valence electrons. The molecule has 1 saturated heterocycles. The van der Waals surface area contributed by atoms with E-state index in [9.17, 15) is 22.8 Å². The number of imide groups is 1. The normalized spacial score (nSPS) is 17.9. The molecule has 1 unspecified atom stereocenters. The largest absolute Gasteiger partial charge is 0.416 e. The quantitative estimate of drug-likeness (QED) is 0.861. The van der Waals surface area contributed by atoms with Gasteiger partial charge >= 0.3 is 6.18 Å². The topological polar surface area (TPSA) is 49.4 Å². The molecule has 3 rings (SSSR count). The van der Waals surface area contributed by atoms with Crippen LogP contribution in [0.1, 0.15) is 17.5 Å². The maximum Gasteiger partial charge on any atom is 0.416 e. The lowest BCUT2D eigenvalue weighted by Gasteiger charge is -2.17. The summed E-state index contributed by atoms with van der Waals surface area (Å²) in [6, 6.07) is 12.8. The number of carbonyl (C=O) groups is 2. The highest BCUT2D eigenvalue weighted by Gasteiger charge is 2.38. The number of nitrogens with zero attached hydrogens (tertiary/aromatic N) is 1. The molecule has 2 amide bonds. The highest BCUT2D eigenvalue weighted by atomic mass is 19.4. The smallest absolute Gasteiger partial charge is 0.373 e. The highest BCUT2D eigenvalue weighted by molar-refractivity contribution is 6.06. The first-order valence-electron chi connectivity index (χ1n) is 7.66. The first kappa shape index (κ1) is 17.0. The molecular weight excluding hydrogens is 333 g/mol. The van der Waals surface area contributed by atoms with Crippen molar-refractivity contribution in [2.45, 2.75) is 25.2 Å². The van der Waals surface area contributed by atoms with Crippen molar-refractivity contribution in [2.75, 3.05) is 5.32 Å². The van der Waals surface area contributed by atoms with E-state index in [1.165, 1.54) is 12.1 Å². The van der Waals surface area contributed by atoms with Crippen LogP contribution in [0.25, 0.3) is 0 Å². The number of carbonyl (C=O) groups excluding carboxylic acids is 2. The molecule has 0 radical (unpaired) electrons. The van der Waals surface area contributed by atoms with Crippen molar-refractivity contribution in [2.24, 2.45) is 0 Å². The lowest BCUT2D eigenvalue weighted by atomic mass is 10.1. The predicted octanol–water partition coefficient (Wildman–Crippen LogP) is 3.45. The van der Waals surface area contributed by atoms with Gasteiger partial charge in [-0.05, 0) is 23.8 Å². The third kappa shape index (κ3) is 3.81. The molecule has 1 fully saturated rings. The Bertz CT molecular complexity index is 790. The van der Waals surface area contributed by atoms with Crippen molar-refractivity contribution in [3.63, 3.8) is 0 Å². The fourth-order valence-electron chi connectivity index (χ4n) is 2.71. The number of nitrogens with one attached hydrogen (secondary N) is 1. The Morgan fingerprint density at radius 1 is 1.04 bits per heavy atom. The van der Waals surface area contributed by atoms with Crippen LogP contribution in [0, 0.1) is 0 Å². The average Bonchev–Trinajstić information content (AvgIpc) is 2.83. The number of alkyl halides is 3. The van der Waals surface area contributed by atoms with Crippen LogP contribution in [0.15, 0.2) is 54.6 Å². The Morgan fingerprint density at radius 2 is 1.76 bits per heavy atom. The van der Waals surface area contributed by atoms with Gasteiger partial charge in [0.2, 0.25) is 5.91 Å². The molecule has 1 atom stereocenters. The molecule has 1 aliphatic heterocycles. The van der Waals surface area contributed by atoms with Crippen molar-refractivity contribution in [1.29, 1.82) is 0 Å². The first-order valence-corrected chi connectivity index (χ1v) is 7.66. The van der Waals surface area contributed by atoms with Crippen LogP contribution in [0.5, 0.6) is 0 Å². The number of hydrogen-bond acceptors (Lipinski definition) is 3. The standard InChI is InChI=1S/C18H15F3N2O2/c19-18(20,21)13-7-4-8-14(9-13)22-15-10-16(24)23(17(15)25)11-12-5-2-1-3-6-12/h1-9,15,22H,10-11H2. The van der Waals surface area contributed by atoms with Crippen LogP contribution in [-0.4, -0.2) is 22.8 Å². The second-order valence-corrected chi connectivity index (χ2v) is 5.78. The van der Waals surface area contributed by atoms with E-state index >= 15 is 0 Å². The molecule has 2 aromatic rings. The Kier molecular flexibility index (Phi) is 4.48. The summed E-state index contributed by atoms with van der Waals surface area (Å²) in [5.74, 6) is -0.787. The second-order valence-electron chi connectivity index (χ2n) is 5.78. The molecule has 4 nitrogen and oxygen atoms in total. The van der Waals surface area contributed by atoms with Gasteiger partial charge in [-0.3, -0.25) is 14.5 Å². The number of benzene rings is 2. The zero-order chi connectivity index (χ0) is 18.0. The summed E-state index contributed by atoms with van der Waals surface area (Å²) in [6.45, 7) is 0.152. The summed E-state index contributed by atoms with van der Waals surface area (Å²) in [5.41, 5.74) is 0.155. The summed E-state index contributed by atoms with van der Waals surface area (Å²) in [5, 5.41) is 2.74. The summed E-state index contributed by atoms with van der Waals surface area (Å²) in [4.78, 5) is 25.7. The first-order chi connectivity index (χ1) is 11.8. The third-order valence-electron chi connectivity index (χ3n) is 3.96. The van der Waals surface area contributed by atoms with Crippen LogP contribution >= 0.6 is 0 Å². The van der Waals surface area contributed by atoms with Crippen molar-refractivity contribution in [3.05, 3.63) is 65.7 Å². The van der Waals surface area contributed by atoms with Crippen LogP contribution in [0.2, 0.25) is 0 Å². The SMILES string of the molecule is O=C1CC(Nc2cccc(C(F)(F)F)c2)C(=O)N1Cc1ccccc1. The fraction of sp³-hybridized carbons (Fsp3) is 0.222. The average molecular weight is 348 g/mol. The van der Waals surface area contributed by atoms with E-state index in [1.54, 1.807) is 24.3 Å². The van der Waals surface area contributed by atoms with E-state index in [1.807, 2.05) is 6.07 Å². The van der Waals surface area contributed by atoms with Gasteiger partial charge < -0.3 is 5.32 Å². The van der Waals surface area contributed by atoms with Gasteiger partial charge in [0.25, 0.3) is 5.91 Å².